The van der Waals surface area contributed by atoms with Crippen molar-refractivity contribution in [1.82, 2.24) is 4.57 Å². The Morgan fingerprint density at radius 2 is 1.90 bits per heavy atom. The molecule has 1 amide bonds. The van der Waals surface area contributed by atoms with E-state index in [1.807, 2.05) is 41.8 Å². The fraction of sp³-hybridized carbons (Fsp3) is 0.348. The number of nitrogens with zero attached hydrogens (tertiary/aromatic N) is 2. The lowest BCUT2D eigenvalue weighted by atomic mass is 10.1. The van der Waals surface area contributed by atoms with E-state index < -0.39 is 5.97 Å². The van der Waals surface area contributed by atoms with Gasteiger partial charge in [0.05, 0.1) is 35.9 Å². The van der Waals surface area contributed by atoms with E-state index >= 15 is 0 Å². The van der Waals surface area contributed by atoms with E-state index in [9.17, 15) is 9.59 Å². The first-order valence-electron chi connectivity index (χ1n) is 10.1. The van der Waals surface area contributed by atoms with Crippen molar-refractivity contribution in [2.45, 2.75) is 31.7 Å². The lowest BCUT2D eigenvalue weighted by Crippen LogP contribution is -2.20. The molecule has 3 rings (SSSR count). The Labute approximate surface area is 189 Å². The summed E-state index contributed by atoms with van der Waals surface area (Å²) < 4.78 is 13.2. The van der Waals surface area contributed by atoms with Crippen LogP contribution < -0.4 is 4.80 Å². The van der Waals surface area contributed by atoms with Crippen LogP contribution in [0.1, 0.15) is 29.8 Å². The number of ether oxygens (including phenoxy) is 2. The van der Waals surface area contributed by atoms with Crippen molar-refractivity contribution in [3.8, 4) is 0 Å². The molecule has 0 saturated carbocycles. The van der Waals surface area contributed by atoms with Gasteiger partial charge < -0.3 is 14.0 Å². The van der Waals surface area contributed by atoms with Crippen LogP contribution in [-0.4, -0.2) is 42.5 Å². The Hall–Kier alpha value is -2.42. The Morgan fingerprint density at radius 3 is 2.58 bits per heavy atom. The van der Waals surface area contributed by atoms with Crippen LogP contribution in [0, 0.1) is 0 Å². The molecule has 2 aromatic carbocycles. The van der Waals surface area contributed by atoms with Crippen LogP contribution in [0.4, 0.5) is 0 Å². The molecule has 1 aromatic heterocycles. The van der Waals surface area contributed by atoms with Crippen molar-refractivity contribution in [2.75, 3.05) is 26.1 Å². The number of aromatic nitrogens is 1. The van der Waals surface area contributed by atoms with Gasteiger partial charge in [-0.05, 0) is 48.6 Å². The predicted molar refractivity (Wildman–Crippen MR) is 125 cm³/mol. The third-order valence-corrected chi connectivity index (χ3v) is 6.51. The van der Waals surface area contributed by atoms with Gasteiger partial charge in [-0.3, -0.25) is 4.79 Å². The number of hydrogen-bond acceptors (Lipinski definition) is 6. The number of esters is 1. The van der Waals surface area contributed by atoms with Crippen molar-refractivity contribution < 1.29 is 19.1 Å². The van der Waals surface area contributed by atoms with E-state index in [4.69, 9.17) is 9.47 Å². The molecule has 0 aliphatic carbocycles. The first kappa shape index (κ1) is 23.2. The van der Waals surface area contributed by atoms with Crippen molar-refractivity contribution in [3.05, 3.63) is 58.4 Å². The average molecular weight is 459 g/mol. The summed E-state index contributed by atoms with van der Waals surface area (Å²) in [4.78, 5) is 30.7. The fourth-order valence-electron chi connectivity index (χ4n) is 3.11. The van der Waals surface area contributed by atoms with Gasteiger partial charge in [-0.25, -0.2) is 4.79 Å². The molecular formula is C23H26N2O4S2. The van der Waals surface area contributed by atoms with E-state index in [0.717, 1.165) is 21.5 Å². The standard InChI is InChI=1S/C23H26N2O4S2/c1-4-29-13-12-25-19-11-8-17(22(27)28-3)15-20(19)31-23(25)24-21(26)14-16-6-9-18(10-7-16)30-5-2/h6-11,15H,4-5,12-14H2,1-3H3. The van der Waals surface area contributed by atoms with Crippen LogP contribution in [0.3, 0.4) is 0 Å². The lowest BCUT2D eigenvalue weighted by Gasteiger charge is -2.06. The predicted octanol–water partition coefficient (Wildman–Crippen LogP) is 4.31. The number of thioether (sulfide) groups is 1. The number of carbonyl (C=O) groups is 2. The van der Waals surface area contributed by atoms with Crippen LogP contribution in [0.5, 0.6) is 0 Å². The highest BCUT2D eigenvalue weighted by Gasteiger charge is 2.12. The molecule has 0 unspecified atom stereocenters. The smallest absolute Gasteiger partial charge is 0.337 e. The molecule has 6 nitrogen and oxygen atoms in total. The van der Waals surface area contributed by atoms with Gasteiger partial charge in [0.1, 0.15) is 0 Å². The minimum atomic E-state index is -0.393. The first-order chi connectivity index (χ1) is 15.0. The SMILES string of the molecule is CCOCCn1c(=NC(=O)Cc2ccc(SCC)cc2)sc2cc(C(=O)OC)ccc21. The summed E-state index contributed by atoms with van der Waals surface area (Å²) in [6, 6.07) is 13.4. The van der Waals surface area contributed by atoms with Crippen molar-refractivity contribution in [2.24, 2.45) is 4.99 Å². The Kier molecular flexibility index (Phi) is 8.45. The van der Waals surface area contributed by atoms with Crippen molar-refractivity contribution in [1.29, 1.82) is 0 Å². The van der Waals surface area contributed by atoms with Gasteiger partial charge in [0.15, 0.2) is 4.80 Å². The number of fused-ring (bicyclic) bond motifs is 1. The van der Waals surface area contributed by atoms with Crippen molar-refractivity contribution in [3.63, 3.8) is 0 Å². The number of carbonyl (C=O) groups excluding carboxylic acids is 2. The molecule has 0 saturated heterocycles. The van der Waals surface area contributed by atoms with Gasteiger partial charge in [0.2, 0.25) is 0 Å². The van der Waals surface area contributed by atoms with Crippen LogP contribution in [0.2, 0.25) is 0 Å². The quantitative estimate of drug-likeness (QED) is 0.272. The molecule has 1 heterocycles. The molecule has 0 spiro atoms. The molecule has 0 bridgehead atoms. The molecule has 0 atom stereocenters. The maximum Gasteiger partial charge on any atom is 0.337 e. The molecule has 3 aromatic rings. The lowest BCUT2D eigenvalue weighted by molar-refractivity contribution is -0.117. The third kappa shape index (κ3) is 6.06. The Balaban J connectivity index is 1.91. The summed E-state index contributed by atoms with van der Waals surface area (Å²) in [7, 11) is 1.36. The highest BCUT2D eigenvalue weighted by molar-refractivity contribution is 7.99. The summed E-state index contributed by atoms with van der Waals surface area (Å²) >= 11 is 3.15. The van der Waals surface area contributed by atoms with Gasteiger partial charge in [0, 0.05) is 18.0 Å². The van der Waals surface area contributed by atoms with Crippen LogP contribution in [-0.2, 0) is 27.2 Å². The van der Waals surface area contributed by atoms with Gasteiger partial charge >= 0.3 is 5.97 Å². The molecule has 0 fully saturated rings. The summed E-state index contributed by atoms with van der Waals surface area (Å²) in [5.41, 5.74) is 2.31. The second-order valence-corrected chi connectivity index (χ2v) is 9.01. The van der Waals surface area contributed by atoms with Gasteiger partial charge in [-0.2, -0.15) is 4.99 Å². The molecule has 31 heavy (non-hydrogen) atoms. The van der Waals surface area contributed by atoms with Gasteiger partial charge in [0.25, 0.3) is 5.91 Å². The second kappa shape index (κ2) is 11.3. The highest BCUT2D eigenvalue weighted by atomic mass is 32.2. The van der Waals surface area contributed by atoms with Gasteiger partial charge in [-0.15, -0.1) is 11.8 Å². The zero-order valence-corrected chi connectivity index (χ0v) is 19.6. The van der Waals surface area contributed by atoms with E-state index in [-0.39, 0.29) is 12.3 Å². The molecular weight excluding hydrogens is 432 g/mol. The number of thiazole rings is 1. The number of amides is 1. The summed E-state index contributed by atoms with van der Waals surface area (Å²) in [5.74, 6) is 0.412. The topological polar surface area (TPSA) is 69.9 Å². The molecule has 0 N–H and O–H groups in total. The van der Waals surface area contributed by atoms with Crippen LogP contribution >= 0.6 is 23.1 Å². The Bertz CT molecular complexity index is 1120. The van der Waals surface area contributed by atoms with E-state index in [0.29, 0.717) is 30.1 Å². The molecule has 8 heteroatoms. The molecule has 0 radical (unpaired) electrons. The number of benzene rings is 2. The summed E-state index contributed by atoms with van der Waals surface area (Å²) in [6.45, 7) is 5.76. The molecule has 164 valence electrons. The number of rotatable bonds is 9. The summed E-state index contributed by atoms with van der Waals surface area (Å²) in [6.07, 6.45) is 0.240. The zero-order valence-electron chi connectivity index (χ0n) is 17.9. The summed E-state index contributed by atoms with van der Waals surface area (Å²) in [5, 5.41) is 0. The van der Waals surface area contributed by atoms with Crippen molar-refractivity contribution >= 4 is 45.2 Å². The normalized spacial score (nSPS) is 11.8. The Morgan fingerprint density at radius 1 is 1.13 bits per heavy atom. The van der Waals surface area contributed by atoms with E-state index in [2.05, 4.69) is 11.9 Å². The fourth-order valence-corrected chi connectivity index (χ4v) is 4.89. The molecule has 0 aliphatic heterocycles. The van der Waals surface area contributed by atoms with E-state index in [1.54, 1.807) is 23.9 Å². The minimum Gasteiger partial charge on any atom is -0.465 e. The maximum atomic E-state index is 12.7. The number of hydrogen-bond donors (Lipinski definition) is 0. The van der Waals surface area contributed by atoms with Crippen LogP contribution in [0.15, 0.2) is 52.4 Å². The van der Waals surface area contributed by atoms with Gasteiger partial charge in [-0.1, -0.05) is 30.4 Å². The van der Waals surface area contributed by atoms with Crippen LogP contribution in [0.25, 0.3) is 10.2 Å². The van der Waals surface area contributed by atoms with E-state index in [1.165, 1.54) is 23.3 Å². The third-order valence-electron chi connectivity index (χ3n) is 4.58. The first-order valence-corrected chi connectivity index (χ1v) is 11.9. The second-order valence-electron chi connectivity index (χ2n) is 6.67. The average Bonchev–Trinajstić information content (AvgIpc) is 3.11. The largest absolute Gasteiger partial charge is 0.465 e. The minimum absolute atomic E-state index is 0.208. The zero-order chi connectivity index (χ0) is 22.2. The number of methoxy groups -OCH3 is 1. The monoisotopic (exact) mass is 458 g/mol. The maximum absolute atomic E-state index is 12.7. The highest BCUT2D eigenvalue weighted by Crippen LogP contribution is 2.20. The molecule has 0 aliphatic rings.